The van der Waals surface area contributed by atoms with E-state index in [0.29, 0.717) is 16.7 Å². The lowest BCUT2D eigenvalue weighted by molar-refractivity contribution is 0.341. The maximum absolute atomic E-state index is 10.3. The fourth-order valence-electron chi connectivity index (χ4n) is 2.50. The van der Waals surface area contributed by atoms with Crippen LogP contribution in [0.15, 0.2) is 40.9 Å². The molecule has 1 aromatic carbocycles. The summed E-state index contributed by atoms with van der Waals surface area (Å²) in [6.45, 7) is 4.28. The molecule has 0 bridgehead atoms. The van der Waals surface area contributed by atoms with Crippen molar-refractivity contribution in [3.05, 3.63) is 35.8 Å². The van der Waals surface area contributed by atoms with Crippen LogP contribution in [0.5, 0.6) is 17.2 Å². The summed E-state index contributed by atoms with van der Waals surface area (Å²) in [5.41, 5.74) is 2.49. The topological polar surface area (TPSA) is 64.5 Å². The van der Waals surface area contributed by atoms with Crippen LogP contribution in [0, 0.1) is 0 Å². The van der Waals surface area contributed by atoms with Crippen LogP contribution in [0.2, 0.25) is 0 Å². The monoisotopic (exact) mass is 388 g/mol. The molecular weight excluding hydrogens is 368 g/mol. The first-order valence-corrected chi connectivity index (χ1v) is 9.82. The van der Waals surface area contributed by atoms with Crippen LogP contribution in [-0.2, 0) is 0 Å². The summed E-state index contributed by atoms with van der Waals surface area (Å²) in [7, 11) is 3.02. The molecule has 2 aromatic heterocycles. The molecule has 1 N–H and O–H groups in total. The highest BCUT2D eigenvalue weighted by Crippen LogP contribution is 2.44. The van der Waals surface area contributed by atoms with Crippen molar-refractivity contribution in [2.45, 2.75) is 24.1 Å². The molecular formula is C19H20N2O3S2. The first kappa shape index (κ1) is 18.5. The predicted molar refractivity (Wildman–Crippen MR) is 107 cm³/mol. The summed E-state index contributed by atoms with van der Waals surface area (Å²) in [4.78, 5) is 9.13. The zero-order valence-electron chi connectivity index (χ0n) is 15.0. The molecule has 0 radical (unpaired) electrons. The molecule has 0 aliphatic carbocycles. The van der Waals surface area contributed by atoms with Crippen molar-refractivity contribution in [3.63, 3.8) is 0 Å². The average Bonchev–Trinajstić information content (AvgIpc) is 3.11. The minimum atomic E-state index is -0.0263. The Morgan fingerprint density at radius 2 is 1.96 bits per heavy atom. The standard InChI is InChI=1S/C19H20N2O3S2/c1-11(2)26-16-9-12(7-8-20-16)19-21-14(10-25-19)13-5-6-15(23-3)17(22)18(13)24-4/h5-11,22H,1-4H3. The number of pyridine rings is 1. The third-order valence-electron chi connectivity index (χ3n) is 3.64. The Balaban J connectivity index is 1.97. The van der Waals surface area contributed by atoms with Crippen LogP contribution >= 0.6 is 23.1 Å². The first-order valence-electron chi connectivity index (χ1n) is 8.06. The summed E-state index contributed by atoms with van der Waals surface area (Å²) >= 11 is 3.26. The lowest BCUT2D eigenvalue weighted by Gasteiger charge is -2.11. The van der Waals surface area contributed by atoms with E-state index < -0.39 is 0 Å². The van der Waals surface area contributed by atoms with Gasteiger partial charge >= 0.3 is 0 Å². The fourth-order valence-corrected chi connectivity index (χ4v) is 4.12. The third-order valence-corrected chi connectivity index (χ3v) is 5.46. The summed E-state index contributed by atoms with van der Waals surface area (Å²) in [5.74, 6) is 0.694. The number of phenols is 1. The van der Waals surface area contributed by atoms with Gasteiger partial charge in [-0.2, -0.15) is 0 Å². The van der Waals surface area contributed by atoms with Gasteiger partial charge in [0.25, 0.3) is 0 Å². The van der Waals surface area contributed by atoms with Crippen molar-refractivity contribution >= 4 is 23.1 Å². The summed E-state index contributed by atoms with van der Waals surface area (Å²) in [6, 6.07) is 7.55. The van der Waals surface area contributed by atoms with Gasteiger partial charge in [0.2, 0.25) is 5.75 Å². The van der Waals surface area contributed by atoms with Gasteiger partial charge in [0.15, 0.2) is 11.5 Å². The summed E-state index contributed by atoms with van der Waals surface area (Å²) in [5, 5.41) is 14.6. The molecule has 5 nitrogen and oxygen atoms in total. The molecule has 0 fully saturated rings. The van der Waals surface area contributed by atoms with Crippen LogP contribution in [0.25, 0.3) is 21.8 Å². The van der Waals surface area contributed by atoms with Crippen molar-refractivity contribution in [1.29, 1.82) is 0 Å². The fraction of sp³-hybridized carbons (Fsp3) is 0.263. The van der Waals surface area contributed by atoms with Gasteiger partial charge in [-0.3, -0.25) is 0 Å². The number of phenolic OH excluding ortho intramolecular Hbond substituents is 1. The van der Waals surface area contributed by atoms with Gasteiger partial charge in [0, 0.05) is 28.0 Å². The molecule has 7 heteroatoms. The molecule has 0 saturated carbocycles. The average molecular weight is 389 g/mol. The molecule has 26 heavy (non-hydrogen) atoms. The number of benzene rings is 1. The van der Waals surface area contributed by atoms with Crippen molar-refractivity contribution < 1.29 is 14.6 Å². The number of rotatable bonds is 6. The van der Waals surface area contributed by atoms with Crippen LogP contribution in [0.1, 0.15) is 13.8 Å². The van der Waals surface area contributed by atoms with Crippen LogP contribution < -0.4 is 9.47 Å². The molecule has 0 amide bonds. The molecule has 3 aromatic rings. The van der Waals surface area contributed by atoms with Gasteiger partial charge in [0.05, 0.1) is 24.9 Å². The third kappa shape index (κ3) is 3.78. The molecule has 3 rings (SSSR count). The van der Waals surface area contributed by atoms with Gasteiger partial charge in [-0.1, -0.05) is 13.8 Å². The highest BCUT2D eigenvalue weighted by molar-refractivity contribution is 7.99. The Bertz CT molecular complexity index is 910. The number of nitrogens with zero attached hydrogens (tertiary/aromatic N) is 2. The minimum Gasteiger partial charge on any atom is -0.502 e. The lowest BCUT2D eigenvalue weighted by Crippen LogP contribution is -1.92. The van der Waals surface area contributed by atoms with E-state index in [9.17, 15) is 5.11 Å². The maximum atomic E-state index is 10.3. The Morgan fingerprint density at radius 1 is 1.15 bits per heavy atom. The molecule has 2 heterocycles. The molecule has 136 valence electrons. The summed E-state index contributed by atoms with van der Waals surface area (Å²) < 4.78 is 10.5. The zero-order chi connectivity index (χ0) is 18.7. The number of ether oxygens (including phenoxy) is 2. The Morgan fingerprint density at radius 3 is 2.65 bits per heavy atom. The number of methoxy groups -OCH3 is 2. The second kappa shape index (κ2) is 7.97. The van der Waals surface area contributed by atoms with Gasteiger partial charge in [-0.15, -0.1) is 23.1 Å². The molecule has 0 saturated heterocycles. The molecule has 0 aliphatic rings. The SMILES string of the molecule is COc1ccc(-c2csc(-c3ccnc(SC(C)C)c3)n2)c(OC)c1O. The van der Waals surface area contributed by atoms with Crippen LogP contribution in [0.3, 0.4) is 0 Å². The van der Waals surface area contributed by atoms with Gasteiger partial charge in [-0.05, 0) is 24.3 Å². The number of aromatic nitrogens is 2. The van der Waals surface area contributed by atoms with E-state index in [1.54, 1.807) is 35.4 Å². The van der Waals surface area contributed by atoms with E-state index in [4.69, 9.17) is 14.5 Å². The molecule has 0 spiro atoms. The summed E-state index contributed by atoms with van der Waals surface area (Å²) in [6.07, 6.45) is 1.81. The van der Waals surface area contributed by atoms with E-state index in [1.807, 2.05) is 17.5 Å². The van der Waals surface area contributed by atoms with Crippen molar-refractivity contribution in [3.8, 4) is 39.1 Å². The molecule has 0 aliphatic heterocycles. The number of hydrogen-bond acceptors (Lipinski definition) is 7. The number of hydrogen-bond donors (Lipinski definition) is 1. The predicted octanol–water partition coefficient (Wildman–Crippen LogP) is 5.10. The zero-order valence-corrected chi connectivity index (χ0v) is 16.6. The Kier molecular flexibility index (Phi) is 5.68. The van der Waals surface area contributed by atoms with E-state index >= 15 is 0 Å². The minimum absolute atomic E-state index is 0.0263. The van der Waals surface area contributed by atoms with Crippen molar-refractivity contribution in [1.82, 2.24) is 9.97 Å². The van der Waals surface area contributed by atoms with Gasteiger partial charge < -0.3 is 14.6 Å². The molecule has 0 atom stereocenters. The maximum Gasteiger partial charge on any atom is 0.201 e. The van der Waals surface area contributed by atoms with Crippen LogP contribution in [0.4, 0.5) is 0 Å². The van der Waals surface area contributed by atoms with Crippen molar-refractivity contribution in [2.75, 3.05) is 14.2 Å². The highest BCUT2D eigenvalue weighted by atomic mass is 32.2. The largest absolute Gasteiger partial charge is 0.502 e. The van der Waals surface area contributed by atoms with E-state index in [2.05, 4.69) is 24.9 Å². The second-order valence-electron chi connectivity index (χ2n) is 5.78. The normalized spacial score (nSPS) is 11.0. The van der Waals surface area contributed by atoms with Gasteiger partial charge in [0.1, 0.15) is 5.01 Å². The van der Waals surface area contributed by atoms with Crippen LogP contribution in [-0.4, -0.2) is 34.5 Å². The Hall–Kier alpha value is -2.25. The molecule has 0 unspecified atom stereocenters. The smallest absolute Gasteiger partial charge is 0.201 e. The highest BCUT2D eigenvalue weighted by Gasteiger charge is 2.18. The quantitative estimate of drug-likeness (QED) is 0.593. The first-order chi connectivity index (χ1) is 12.5. The van der Waals surface area contributed by atoms with E-state index in [1.165, 1.54) is 14.2 Å². The number of thioether (sulfide) groups is 1. The van der Waals surface area contributed by atoms with E-state index in [-0.39, 0.29) is 5.75 Å². The Labute approximate surface area is 161 Å². The van der Waals surface area contributed by atoms with Gasteiger partial charge in [-0.25, -0.2) is 9.97 Å². The van der Waals surface area contributed by atoms with Crippen molar-refractivity contribution in [2.24, 2.45) is 0 Å². The second-order valence-corrected chi connectivity index (χ2v) is 8.24. The number of thiazole rings is 1. The lowest BCUT2D eigenvalue weighted by atomic mass is 10.1. The number of aromatic hydroxyl groups is 1. The van der Waals surface area contributed by atoms with E-state index in [0.717, 1.165) is 26.9 Å².